The first-order chi connectivity index (χ1) is 31.9. The van der Waals surface area contributed by atoms with Crippen LogP contribution >= 0.6 is 0 Å². The van der Waals surface area contributed by atoms with Gasteiger partial charge in [-0.15, -0.1) is 0 Å². The van der Waals surface area contributed by atoms with Crippen LogP contribution < -0.4 is 0 Å². The number of rotatable bonds is 4. The van der Waals surface area contributed by atoms with E-state index in [4.69, 9.17) is 23.6 Å². The van der Waals surface area contributed by atoms with Crippen molar-refractivity contribution in [2.24, 2.45) is 0 Å². The van der Waals surface area contributed by atoms with Crippen LogP contribution in [0.5, 0.6) is 0 Å². The molecule has 0 N–H and O–H groups in total. The molecule has 0 aliphatic heterocycles. The van der Waals surface area contributed by atoms with E-state index in [2.05, 4.69) is 0 Å². The zero-order valence-electron chi connectivity index (χ0n) is 45.8. The topological polar surface area (TPSA) is 13.1 Å². The van der Waals surface area contributed by atoms with Gasteiger partial charge in [-0.2, -0.15) is 0 Å². The molecule has 1 aromatic heterocycles. The summed E-state index contributed by atoms with van der Waals surface area (Å²) in [6.45, 7) is 0. The lowest BCUT2D eigenvalue weighted by Gasteiger charge is -2.18. The van der Waals surface area contributed by atoms with Crippen LogP contribution in [0.25, 0.3) is 88.0 Å². The van der Waals surface area contributed by atoms with Gasteiger partial charge in [0.2, 0.25) is 0 Å². The predicted octanol–water partition coefficient (Wildman–Crippen LogP) is 12.6. The van der Waals surface area contributed by atoms with Crippen molar-refractivity contribution < 1.29 is 35.9 Å². The molecule has 0 amide bonds. The Balaban J connectivity index is 1.69. The van der Waals surface area contributed by atoms with Gasteiger partial charge in [0.15, 0.2) is 0 Å². The summed E-state index contributed by atoms with van der Waals surface area (Å²) in [6.07, 6.45) is 0. The van der Waals surface area contributed by atoms with Crippen LogP contribution in [0.3, 0.4) is 0 Å². The second kappa shape index (κ2) is 10.4. The summed E-state index contributed by atoms with van der Waals surface area (Å²) in [5.41, 5.74) is -3.98. The lowest BCUT2D eigenvalue weighted by molar-refractivity contribution is 0.632. The number of furan rings is 1. The maximum absolute atomic E-state index is 9.87. The third kappa shape index (κ3) is 4.17. The molecular formula is C44H28O. The van der Waals surface area contributed by atoms with Crippen LogP contribution in [0.4, 0.5) is 0 Å². The fraction of sp³-hybridized carbons (Fsp3) is 0. The molecule has 0 aliphatic carbocycles. The highest BCUT2D eigenvalue weighted by molar-refractivity contribution is 6.25. The Morgan fingerprint density at radius 1 is 0.378 bits per heavy atom. The summed E-state index contributed by atoms with van der Waals surface area (Å²) in [6, 6.07) is -11.4. The fourth-order valence-electron chi connectivity index (χ4n) is 5.49. The van der Waals surface area contributed by atoms with Gasteiger partial charge in [-0.25, -0.2) is 0 Å². The average molecular weight is 596 g/mol. The molecule has 1 heterocycles. The Hall–Kier alpha value is -5.92. The molecule has 8 aromatic carbocycles. The molecule has 0 spiro atoms. The largest absolute Gasteiger partial charge is 0.455 e. The molecule has 210 valence electrons. The van der Waals surface area contributed by atoms with E-state index in [-0.39, 0.29) is 21.9 Å². The quantitative estimate of drug-likeness (QED) is 0.184. The van der Waals surface area contributed by atoms with E-state index in [1.807, 2.05) is 0 Å². The minimum absolute atomic E-state index is 0.0919. The van der Waals surface area contributed by atoms with E-state index in [1.54, 1.807) is 18.2 Å². The van der Waals surface area contributed by atoms with E-state index in [0.29, 0.717) is 0 Å². The van der Waals surface area contributed by atoms with Gasteiger partial charge in [0.1, 0.15) is 11.3 Å². The second-order valence-corrected chi connectivity index (χ2v) is 9.88. The molecule has 9 aromatic rings. The van der Waals surface area contributed by atoms with Gasteiger partial charge in [0.05, 0.1) is 31.5 Å². The van der Waals surface area contributed by atoms with Gasteiger partial charge in [-0.3, -0.25) is 0 Å². The van der Waals surface area contributed by atoms with Crippen LogP contribution in [0, 0.1) is 0 Å². The van der Waals surface area contributed by atoms with Crippen LogP contribution in [-0.4, -0.2) is 0 Å². The van der Waals surface area contributed by atoms with Crippen LogP contribution in [0.2, 0.25) is 0 Å². The van der Waals surface area contributed by atoms with Gasteiger partial charge >= 0.3 is 0 Å². The standard InChI is InChI=1S/C44H28O/c1-3-13-29(14-4-1)33-25-26-40-39(28-33)43(44(45-40)34-24-23-30-15-7-8-18-32(30)27-34)42-37-21-11-9-19-35(37)41(31-16-5-2-6-17-31)36-20-10-12-22-38(36)42/h1-28H/i1D,3D,4D,7D,8D,9D,10D,11D,12D,13D,14D,15D,18D,19D,20D,21D,22D,23D,24D,25D,26D,27D,28D. The van der Waals surface area contributed by atoms with E-state index in [9.17, 15) is 12.3 Å². The average Bonchev–Trinajstić information content (AvgIpc) is 3.71. The molecule has 0 saturated carbocycles. The molecule has 0 bridgehead atoms. The smallest absolute Gasteiger partial charge is 0.143 e. The van der Waals surface area contributed by atoms with E-state index in [1.165, 1.54) is 12.1 Å². The summed E-state index contributed by atoms with van der Waals surface area (Å²) in [5.74, 6) is -0.785. The van der Waals surface area contributed by atoms with Crippen molar-refractivity contribution in [3.05, 3.63) is 169 Å². The van der Waals surface area contributed by atoms with Crippen LogP contribution in [0.15, 0.2) is 174 Å². The van der Waals surface area contributed by atoms with Crippen molar-refractivity contribution in [3.63, 3.8) is 0 Å². The summed E-state index contributed by atoms with van der Waals surface area (Å²) in [5, 5.41) is -3.38. The van der Waals surface area contributed by atoms with Crippen LogP contribution in [-0.2, 0) is 0 Å². The Bertz CT molecular complexity index is 3710. The second-order valence-electron chi connectivity index (χ2n) is 9.88. The van der Waals surface area contributed by atoms with Crippen molar-refractivity contribution in [2.45, 2.75) is 0 Å². The fourth-order valence-corrected chi connectivity index (χ4v) is 5.49. The molecule has 0 unspecified atom stereocenters. The van der Waals surface area contributed by atoms with Gasteiger partial charge < -0.3 is 4.42 Å². The Morgan fingerprint density at radius 3 is 1.69 bits per heavy atom. The Labute approximate surface area is 293 Å². The highest BCUT2D eigenvalue weighted by Crippen LogP contribution is 2.50. The lowest BCUT2D eigenvalue weighted by atomic mass is 9.84. The van der Waals surface area contributed by atoms with Crippen molar-refractivity contribution in [2.75, 3.05) is 0 Å². The van der Waals surface area contributed by atoms with Crippen molar-refractivity contribution in [1.82, 2.24) is 0 Å². The van der Waals surface area contributed by atoms with E-state index < -0.39 is 205 Å². The monoisotopic (exact) mass is 595 g/mol. The zero-order valence-corrected chi connectivity index (χ0v) is 22.8. The maximum atomic E-state index is 9.87. The minimum Gasteiger partial charge on any atom is -0.455 e. The molecule has 9 rings (SSSR count). The molecule has 0 fully saturated rings. The number of fused-ring (bicyclic) bond motifs is 4. The Morgan fingerprint density at radius 2 is 0.978 bits per heavy atom. The highest BCUT2D eigenvalue weighted by Gasteiger charge is 2.24. The molecule has 0 aliphatic rings. The molecule has 0 radical (unpaired) electrons. The number of benzene rings is 8. The number of hydrogen-bond donors (Lipinski definition) is 0. The summed E-state index contributed by atoms with van der Waals surface area (Å²) >= 11 is 0. The van der Waals surface area contributed by atoms with Crippen molar-refractivity contribution in [3.8, 4) is 44.7 Å². The minimum atomic E-state index is -0.929. The predicted molar refractivity (Wildman–Crippen MR) is 190 cm³/mol. The Kier molecular flexibility index (Phi) is 2.66. The van der Waals surface area contributed by atoms with Gasteiger partial charge in [0.25, 0.3) is 0 Å². The first kappa shape index (κ1) is 11.5. The van der Waals surface area contributed by atoms with E-state index in [0.717, 1.165) is 0 Å². The molecule has 0 saturated heterocycles. The number of hydrogen-bond acceptors (Lipinski definition) is 1. The third-order valence-electron chi connectivity index (χ3n) is 7.37. The molecule has 0 atom stereocenters. The van der Waals surface area contributed by atoms with E-state index >= 15 is 0 Å². The normalized spacial score (nSPS) is 18.7. The molecule has 45 heavy (non-hydrogen) atoms. The highest BCUT2D eigenvalue weighted by atomic mass is 16.3. The van der Waals surface area contributed by atoms with Gasteiger partial charge in [0, 0.05) is 22.1 Å². The van der Waals surface area contributed by atoms with Crippen molar-refractivity contribution >= 4 is 43.3 Å². The maximum Gasteiger partial charge on any atom is 0.143 e. The molecular weight excluding hydrogens is 544 g/mol. The summed E-state index contributed by atoms with van der Waals surface area (Å²) in [7, 11) is 0. The zero-order chi connectivity index (χ0) is 49.8. The summed E-state index contributed by atoms with van der Waals surface area (Å²) < 4.78 is 213. The van der Waals surface area contributed by atoms with Gasteiger partial charge in [-0.1, -0.05) is 151 Å². The summed E-state index contributed by atoms with van der Waals surface area (Å²) in [4.78, 5) is 0. The van der Waals surface area contributed by atoms with Crippen LogP contribution in [0.1, 0.15) is 31.5 Å². The first-order valence-electron chi connectivity index (χ1n) is 25.1. The molecule has 1 nitrogen and oxygen atoms in total. The van der Waals surface area contributed by atoms with Crippen molar-refractivity contribution in [1.29, 1.82) is 0 Å². The lowest BCUT2D eigenvalue weighted by Crippen LogP contribution is -1.91. The van der Waals surface area contributed by atoms with Gasteiger partial charge in [-0.05, 0) is 72.7 Å². The SMILES string of the molecule is [2H]c1c([2H])c([2H])c(-c2c([2H])c([2H])c3oc(-c4c([2H])c([2H])c5c([2H])c([2H])c([2H])c([2H])c5c4[2H])c(-c4c5c([2H])c([2H])c([2H])c([2H])c5c(-c5ccccc5)c5c([2H])c([2H])c([2H])c([2H])c45)c3c2[2H])c([2H])c1[2H]. The first-order valence-corrected chi connectivity index (χ1v) is 13.6. The third-order valence-corrected chi connectivity index (χ3v) is 7.37. The molecule has 1 heteroatoms.